The largest absolute Gasteiger partial charge is 0.349 e. The molecule has 84 valence electrons. The summed E-state index contributed by atoms with van der Waals surface area (Å²) >= 11 is 0. The highest BCUT2D eigenvalue weighted by Crippen LogP contribution is 2.02. The lowest BCUT2D eigenvalue weighted by Gasteiger charge is -2.24. The highest BCUT2D eigenvalue weighted by molar-refractivity contribution is 5.85. The summed E-state index contributed by atoms with van der Waals surface area (Å²) in [5.41, 5.74) is 0.366. The zero-order valence-electron chi connectivity index (χ0n) is 9.42. The van der Waals surface area contributed by atoms with E-state index in [0.717, 1.165) is 12.2 Å². The monoisotopic (exact) mass is 210 g/mol. The molecule has 1 aromatic heterocycles. The maximum atomic E-state index is 11.7. The van der Waals surface area contributed by atoms with Gasteiger partial charge in [0.2, 0.25) is 5.91 Å². The van der Waals surface area contributed by atoms with E-state index in [1.807, 2.05) is 20.8 Å². The second kappa shape index (κ2) is 4.93. The summed E-state index contributed by atoms with van der Waals surface area (Å²) in [6, 6.07) is 0. The lowest BCUT2D eigenvalue weighted by Crippen LogP contribution is -2.52. The van der Waals surface area contributed by atoms with Gasteiger partial charge in [-0.2, -0.15) is 0 Å². The molecule has 0 aromatic carbocycles. The van der Waals surface area contributed by atoms with E-state index >= 15 is 0 Å². The fourth-order valence-corrected chi connectivity index (χ4v) is 1.30. The van der Waals surface area contributed by atoms with Crippen molar-refractivity contribution in [2.24, 2.45) is 0 Å². The Labute approximate surface area is 89.7 Å². The zero-order valence-corrected chi connectivity index (χ0v) is 9.42. The number of aromatic nitrogens is 2. The Balaban J connectivity index is 2.42. The molecule has 0 spiro atoms. The van der Waals surface area contributed by atoms with Crippen molar-refractivity contribution in [3.05, 3.63) is 18.2 Å². The average molecular weight is 210 g/mol. The molecule has 1 rings (SSSR count). The van der Waals surface area contributed by atoms with Gasteiger partial charge in [-0.15, -0.1) is 0 Å². The fourth-order valence-electron chi connectivity index (χ4n) is 1.30. The van der Waals surface area contributed by atoms with Crippen LogP contribution < -0.4 is 10.6 Å². The third-order valence-corrected chi connectivity index (χ3v) is 2.18. The minimum atomic E-state index is -0.533. The summed E-state index contributed by atoms with van der Waals surface area (Å²) in [6.07, 6.45) is 3.29. The molecule has 1 heterocycles. The van der Waals surface area contributed by atoms with E-state index in [4.69, 9.17) is 0 Å². The Morgan fingerprint density at radius 3 is 2.87 bits per heavy atom. The molecule has 0 fully saturated rings. The predicted molar refractivity (Wildman–Crippen MR) is 58.2 cm³/mol. The van der Waals surface area contributed by atoms with Crippen molar-refractivity contribution in [3.63, 3.8) is 0 Å². The fraction of sp³-hybridized carbons (Fsp3) is 0.600. The molecule has 0 saturated carbocycles. The van der Waals surface area contributed by atoms with E-state index in [1.165, 1.54) is 0 Å². The molecule has 0 aliphatic carbocycles. The summed E-state index contributed by atoms with van der Waals surface area (Å²) in [7, 11) is 0. The molecule has 0 bridgehead atoms. The van der Waals surface area contributed by atoms with Crippen LogP contribution in [0.15, 0.2) is 12.5 Å². The van der Waals surface area contributed by atoms with Crippen LogP contribution in [0.1, 0.15) is 26.5 Å². The Hall–Kier alpha value is -1.36. The summed E-state index contributed by atoms with van der Waals surface area (Å²) in [5.74, 6) is -0.0149. The van der Waals surface area contributed by atoms with Crippen LogP contribution in [0.25, 0.3) is 0 Å². The molecule has 5 nitrogen and oxygen atoms in total. The van der Waals surface area contributed by atoms with Crippen LogP contribution in [0.3, 0.4) is 0 Å². The van der Waals surface area contributed by atoms with Gasteiger partial charge in [0.25, 0.3) is 0 Å². The lowest BCUT2D eigenvalue weighted by molar-refractivity contribution is -0.126. The Bertz CT molecular complexity index is 305. The molecular weight excluding hydrogens is 192 g/mol. The van der Waals surface area contributed by atoms with E-state index in [9.17, 15) is 4.79 Å². The molecule has 1 aromatic rings. The third-order valence-electron chi connectivity index (χ3n) is 2.18. The number of nitrogens with zero attached hydrogens (tertiary/aromatic N) is 1. The molecule has 3 N–H and O–H groups in total. The maximum Gasteiger partial charge on any atom is 0.240 e. The summed E-state index contributed by atoms with van der Waals surface area (Å²) < 4.78 is 0. The van der Waals surface area contributed by atoms with Crippen molar-refractivity contribution in [2.45, 2.75) is 32.9 Å². The van der Waals surface area contributed by atoms with E-state index in [2.05, 4.69) is 20.6 Å². The SMILES string of the molecule is CCNC(C)(C)C(=O)NCc1cnc[nH]1. The normalized spacial score (nSPS) is 11.4. The van der Waals surface area contributed by atoms with Crippen molar-refractivity contribution in [2.75, 3.05) is 6.54 Å². The summed E-state index contributed by atoms with van der Waals surface area (Å²) in [5, 5.41) is 5.95. The average Bonchev–Trinajstić information content (AvgIpc) is 2.66. The van der Waals surface area contributed by atoms with Crippen LogP contribution in [-0.4, -0.2) is 28.0 Å². The van der Waals surface area contributed by atoms with Crippen LogP contribution in [0.2, 0.25) is 0 Å². The van der Waals surface area contributed by atoms with E-state index in [-0.39, 0.29) is 5.91 Å². The predicted octanol–water partition coefficient (Wildman–Crippen LogP) is 0.414. The number of carbonyl (C=O) groups excluding carboxylic acids is 1. The van der Waals surface area contributed by atoms with E-state index in [0.29, 0.717) is 6.54 Å². The van der Waals surface area contributed by atoms with Crippen molar-refractivity contribution >= 4 is 5.91 Å². The zero-order chi connectivity index (χ0) is 11.3. The molecule has 5 heteroatoms. The number of hydrogen-bond donors (Lipinski definition) is 3. The molecular formula is C10H18N4O. The van der Waals surface area contributed by atoms with Gasteiger partial charge in [-0.25, -0.2) is 4.98 Å². The minimum Gasteiger partial charge on any atom is -0.349 e. The topological polar surface area (TPSA) is 69.8 Å². The molecule has 0 atom stereocenters. The van der Waals surface area contributed by atoms with Gasteiger partial charge in [-0.3, -0.25) is 4.79 Å². The van der Waals surface area contributed by atoms with Gasteiger partial charge in [-0.05, 0) is 20.4 Å². The first-order valence-electron chi connectivity index (χ1n) is 5.07. The number of carbonyl (C=O) groups is 1. The van der Waals surface area contributed by atoms with Gasteiger partial charge in [-0.1, -0.05) is 6.92 Å². The van der Waals surface area contributed by atoms with Crippen molar-refractivity contribution < 1.29 is 4.79 Å². The molecule has 0 radical (unpaired) electrons. The van der Waals surface area contributed by atoms with Crippen molar-refractivity contribution in [1.29, 1.82) is 0 Å². The molecule has 1 amide bonds. The first-order chi connectivity index (χ1) is 7.06. The van der Waals surface area contributed by atoms with Gasteiger partial charge < -0.3 is 15.6 Å². The quantitative estimate of drug-likeness (QED) is 0.659. The highest BCUT2D eigenvalue weighted by Gasteiger charge is 2.25. The van der Waals surface area contributed by atoms with Crippen LogP contribution in [0, 0.1) is 0 Å². The molecule has 15 heavy (non-hydrogen) atoms. The summed E-state index contributed by atoms with van der Waals surface area (Å²) in [6.45, 7) is 6.94. The molecule has 0 aliphatic rings. The summed E-state index contributed by atoms with van der Waals surface area (Å²) in [4.78, 5) is 18.5. The van der Waals surface area contributed by atoms with Crippen LogP contribution in [-0.2, 0) is 11.3 Å². The van der Waals surface area contributed by atoms with Gasteiger partial charge in [0.05, 0.1) is 24.1 Å². The van der Waals surface area contributed by atoms with Crippen LogP contribution in [0.4, 0.5) is 0 Å². The Morgan fingerprint density at radius 1 is 1.60 bits per heavy atom. The number of imidazole rings is 1. The standard InChI is InChI=1S/C10H18N4O/c1-4-14-10(2,3)9(15)12-6-8-5-11-7-13-8/h5,7,14H,4,6H2,1-3H3,(H,11,13)(H,12,15). The number of likely N-dealkylation sites (N-methyl/N-ethyl adjacent to an activating group) is 1. The Morgan fingerprint density at radius 2 is 2.33 bits per heavy atom. The first kappa shape index (κ1) is 11.7. The number of aromatic amines is 1. The van der Waals surface area contributed by atoms with Crippen molar-refractivity contribution in [1.82, 2.24) is 20.6 Å². The highest BCUT2D eigenvalue weighted by atomic mass is 16.2. The molecule has 0 aliphatic heterocycles. The van der Waals surface area contributed by atoms with Gasteiger partial charge in [0.1, 0.15) is 0 Å². The number of amides is 1. The lowest BCUT2D eigenvalue weighted by atomic mass is 10.0. The van der Waals surface area contributed by atoms with Crippen LogP contribution in [0.5, 0.6) is 0 Å². The molecule has 0 unspecified atom stereocenters. The molecule has 0 saturated heterocycles. The second-order valence-corrected chi connectivity index (χ2v) is 3.91. The third kappa shape index (κ3) is 3.36. The van der Waals surface area contributed by atoms with Gasteiger partial charge in [0, 0.05) is 6.20 Å². The first-order valence-corrected chi connectivity index (χ1v) is 5.07. The Kier molecular flexibility index (Phi) is 3.85. The number of H-pyrrole nitrogens is 1. The van der Waals surface area contributed by atoms with Crippen molar-refractivity contribution in [3.8, 4) is 0 Å². The van der Waals surface area contributed by atoms with E-state index in [1.54, 1.807) is 12.5 Å². The van der Waals surface area contributed by atoms with Gasteiger partial charge >= 0.3 is 0 Å². The smallest absolute Gasteiger partial charge is 0.240 e. The van der Waals surface area contributed by atoms with Crippen LogP contribution >= 0.6 is 0 Å². The number of nitrogens with one attached hydrogen (secondary N) is 3. The van der Waals surface area contributed by atoms with E-state index < -0.39 is 5.54 Å². The number of hydrogen-bond acceptors (Lipinski definition) is 3. The number of rotatable bonds is 5. The second-order valence-electron chi connectivity index (χ2n) is 3.91. The maximum absolute atomic E-state index is 11.7. The minimum absolute atomic E-state index is 0.0149. The van der Waals surface area contributed by atoms with Gasteiger partial charge in [0.15, 0.2) is 0 Å².